The van der Waals surface area contributed by atoms with Gasteiger partial charge in [0, 0.05) is 17.3 Å². The van der Waals surface area contributed by atoms with Crippen LogP contribution in [-0.2, 0) is 6.42 Å². The summed E-state index contributed by atoms with van der Waals surface area (Å²) in [6.07, 6.45) is 2.18. The Labute approximate surface area is 126 Å². The van der Waals surface area contributed by atoms with E-state index in [1.54, 1.807) is 6.07 Å². The van der Waals surface area contributed by atoms with E-state index >= 15 is 0 Å². The molecule has 0 fully saturated rings. The van der Waals surface area contributed by atoms with Crippen molar-refractivity contribution in [1.29, 1.82) is 0 Å². The van der Waals surface area contributed by atoms with Gasteiger partial charge in [0.15, 0.2) is 0 Å². The Bertz CT molecular complexity index is 714. The van der Waals surface area contributed by atoms with Gasteiger partial charge in [-0.05, 0) is 41.5 Å². The van der Waals surface area contributed by atoms with Gasteiger partial charge in [-0.1, -0.05) is 30.7 Å². The molecule has 2 rings (SSSR count). The first kappa shape index (κ1) is 15.0. The molecule has 0 N–H and O–H groups in total. The lowest BCUT2D eigenvalue weighted by Gasteiger charge is -2.10. The molecule has 0 atom stereocenters. The molecule has 0 heterocycles. The number of rotatable bonds is 4. The Morgan fingerprint density at radius 3 is 2.76 bits per heavy atom. The molecule has 0 unspecified atom stereocenters. The summed E-state index contributed by atoms with van der Waals surface area (Å²) in [7, 11) is 0. The molecule has 0 bridgehead atoms. The maximum absolute atomic E-state index is 11.9. The van der Waals surface area contributed by atoms with Crippen LogP contribution in [0.5, 0.6) is 5.75 Å². The molecule has 0 saturated carbocycles. The second kappa shape index (κ2) is 6.37. The Balaban J connectivity index is 2.38. The van der Waals surface area contributed by atoms with Gasteiger partial charge in [0.05, 0.1) is 10.6 Å². The number of nitro benzene ring substituents is 1. The van der Waals surface area contributed by atoms with Crippen LogP contribution in [-0.4, -0.2) is 11.1 Å². The fourth-order valence-corrected chi connectivity index (χ4v) is 2.05. The van der Waals surface area contributed by atoms with Crippen LogP contribution in [0.4, 0.5) is 11.4 Å². The van der Waals surface area contributed by atoms with E-state index in [4.69, 9.17) is 11.6 Å². The number of hydrogen-bond donors (Lipinski definition) is 0. The summed E-state index contributed by atoms with van der Waals surface area (Å²) in [4.78, 5) is 14.2. The lowest BCUT2D eigenvalue weighted by atomic mass is 10.1. The minimum atomic E-state index is -0.747. The molecule has 0 aromatic heterocycles. The van der Waals surface area contributed by atoms with Gasteiger partial charge in [0.2, 0.25) is 0 Å². The molecule has 6 heteroatoms. The Hall–Kier alpha value is -2.40. The monoisotopic (exact) mass is 303 g/mol. The fourth-order valence-electron chi connectivity index (χ4n) is 1.83. The van der Waals surface area contributed by atoms with Crippen LogP contribution in [0.1, 0.15) is 18.1 Å². The van der Waals surface area contributed by atoms with Gasteiger partial charge in [0.1, 0.15) is 0 Å². The lowest BCUT2D eigenvalue weighted by Crippen LogP contribution is -2.02. The average Bonchev–Trinajstić information content (AvgIpc) is 2.47. The van der Waals surface area contributed by atoms with E-state index in [0.717, 1.165) is 18.1 Å². The number of nitrogens with zero attached hydrogens (tertiary/aromatic N) is 2. The van der Waals surface area contributed by atoms with Crippen molar-refractivity contribution in [3.63, 3.8) is 0 Å². The molecule has 5 nitrogen and oxygen atoms in total. The molecule has 0 aliphatic rings. The summed E-state index contributed by atoms with van der Waals surface area (Å²) < 4.78 is 0. The lowest BCUT2D eigenvalue weighted by molar-refractivity contribution is -0.398. The summed E-state index contributed by atoms with van der Waals surface area (Å²) in [5.41, 5.74) is 1.34. The van der Waals surface area contributed by atoms with Crippen LogP contribution in [0.3, 0.4) is 0 Å². The molecule has 0 saturated heterocycles. The third-order valence-corrected chi connectivity index (χ3v) is 3.15. The number of halogens is 1. The zero-order valence-corrected chi connectivity index (χ0v) is 12.0. The van der Waals surface area contributed by atoms with Crippen molar-refractivity contribution in [2.24, 2.45) is 4.99 Å². The summed E-state index contributed by atoms with van der Waals surface area (Å²) in [6, 6.07) is 9.92. The van der Waals surface area contributed by atoms with Crippen molar-refractivity contribution in [2.45, 2.75) is 13.3 Å². The highest BCUT2D eigenvalue weighted by Gasteiger charge is 2.11. The zero-order valence-electron chi connectivity index (χ0n) is 11.2. The second-order valence-corrected chi connectivity index (χ2v) is 4.82. The number of benzene rings is 2. The summed E-state index contributed by atoms with van der Waals surface area (Å²) in [5.74, 6) is -0.695. The van der Waals surface area contributed by atoms with Gasteiger partial charge in [-0.15, -0.1) is 0 Å². The maximum Gasteiger partial charge on any atom is 0.263 e. The first-order chi connectivity index (χ1) is 10.0. The van der Waals surface area contributed by atoms with Crippen molar-refractivity contribution < 1.29 is 10.0 Å². The molecule has 0 spiro atoms. The van der Waals surface area contributed by atoms with Crippen LogP contribution < -0.4 is 5.11 Å². The summed E-state index contributed by atoms with van der Waals surface area (Å²) >= 11 is 5.79. The number of hydrogen-bond acceptors (Lipinski definition) is 4. The molecule has 21 heavy (non-hydrogen) atoms. The first-order valence-corrected chi connectivity index (χ1v) is 6.67. The van der Waals surface area contributed by atoms with Crippen molar-refractivity contribution in [1.82, 2.24) is 0 Å². The van der Waals surface area contributed by atoms with Crippen LogP contribution in [0.25, 0.3) is 0 Å². The molecule has 108 valence electrons. The van der Waals surface area contributed by atoms with E-state index in [9.17, 15) is 15.2 Å². The molecular weight excluding hydrogens is 292 g/mol. The van der Waals surface area contributed by atoms with Crippen molar-refractivity contribution in [2.75, 3.05) is 0 Å². The van der Waals surface area contributed by atoms with Crippen molar-refractivity contribution >= 4 is 29.2 Å². The molecular formula is C15H12ClN2O3-. The van der Waals surface area contributed by atoms with E-state index in [1.165, 1.54) is 12.3 Å². The van der Waals surface area contributed by atoms with Crippen LogP contribution in [0, 0.1) is 10.1 Å². The van der Waals surface area contributed by atoms with Crippen LogP contribution >= 0.6 is 11.6 Å². The standard InChI is InChI=1S/C15H13ClN2O3/c1-2-10-4-3-5-13(6-10)17-9-11-7-12(16)8-14(15(11)19)18(20)21/h3-9,19H,2H2,1H3/p-1. The number of aliphatic imine (C=N–C) groups is 1. The Morgan fingerprint density at radius 1 is 1.33 bits per heavy atom. The fraction of sp³-hybridized carbons (Fsp3) is 0.133. The Kier molecular flexibility index (Phi) is 4.55. The minimum absolute atomic E-state index is 0.0936. The zero-order chi connectivity index (χ0) is 15.4. The van der Waals surface area contributed by atoms with Gasteiger partial charge in [-0.2, -0.15) is 0 Å². The van der Waals surface area contributed by atoms with Crippen molar-refractivity contribution in [3.05, 3.63) is 62.7 Å². The predicted molar refractivity (Wildman–Crippen MR) is 80.6 cm³/mol. The highest BCUT2D eigenvalue weighted by atomic mass is 35.5. The quantitative estimate of drug-likeness (QED) is 0.491. The van der Waals surface area contributed by atoms with Gasteiger partial charge in [0.25, 0.3) is 5.69 Å². The van der Waals surface area contributed by atoms with Crippen LogP contribution in [0.15, 0.2) is 41.4 Å². The van der Waals surface area contributed by atoms with Gasteiger partial charge in [-0.3, -0.25) is 15.1 Å². The Morgan fingerprint density at radius 2 is 2.10 bits per heavy atom. The molecule has 0 amide bonds. The van der Waals surface area contributed by atoms with Crippen LogP contribution in [0.2, 0.25) is 5.02 Å². The first-order valence-electron chi connectivity index (χ1n) is 6.29. The van der Waals surface area contributed by atoms with E-state index in [2.05, 4.69) is 4.99 Å². The predicted octanol–water partition coefficient (Wildman–Crippen LogP) is 3.63. The van der Waals surface area contributed by atoms with E-state index in [1.807, 2.05) is 25.1 Å². The largest absolute Gasteiger partial charge is 0.867 e. The molecule has 2 aromatic rings. The molecule has 0 aliphatic carbocycles. The summed E-state index contributed by atoms with van der Waals surface area (Å²) in [5, 5.41) is 22.8. The molecule has 0 radical (unpaired) electrons. The number of aryl methyl sites for hydroxylation is 1. The number of nitro groups is 1. The van der Waals surface area contributed by atoms with Gasteiger partial charge in [-0.25, -0.2) is 0 Å². The summed E-state index contributed by atoms with van der Waals surface area (Å²) in [6.45, 7) is 2.03. The van der Waals surface area contributed by atoms with E-state index in [-0.39, 0.29) is 10.6 Å². The van der Waals surface area contributed by atoms with Gasteiger partial charge >= 0.3 is 0 Å². The van der Waals surface area contributed by atoms with Crippen molar-refractivity contribution in [3.8, 4) is 5.75 Å². The second-order valence-electron chi connectivity index (χ2n) is 4.38. The molecule has 2 aromatic carbocycles. The SMILES string of the molecule is CCc1cccc(N=Cc2cc(Cl)cc([N+](=O)[O-])c2[O-])c1. The average molecular weight is 304 g/mol. The third kappa shape index (κ3) is 3.58. The van der Waals surface area contributed by atoms with E-state index in [0.29, 0.717) is 5.69 Å². The molecule has 0 aliphatic heterocycles. The highest BCUT2D eigenvalue weighted by Crippen LogP contribution is 2.30. The minimum Gasteiger partial charge on any atom is -0.867 e. The third-order valence-electron chi connectivity index (χ3n) is 2.93. The highest BCUT2D eigenvalue weighted by molar-refractivity contribution is 6.31. The van der Waals surface area contributed by atoms with E-state index < -0.39 is 16.4 Å². The normalized spacial score (nSPS) is 11.0. The van der Waals surface area contributed by atoms with Gasteiger partial charge < -0.3 is 5.11 Å². The smallest absolute Gasteiger partial charge is 0.263 e. The maximum atomic E-state index is 11.9. The topological polar surface area (TPSA) is 78.6 Å².